The van der Waals surface area contributed by atoms with Crippen LogP contribution in [0.4, 0.5) is 0 Å². The average Bonchev–Trinajstić information content (AvgIpc) is 3.74. The van der Waals surface area contributed by atoms with Gasteiger partial charge in [-0.15, -0.1) is 0 Å². The zero-order valence-corrected chi connectivity index (χ0v) is 25.8. The Labute approximate surface area is 256 Å². The summed E-state index contributed by atoms with van der Waals surface area (Å²) in [5.74, 6) is 0.549. The Balaban J connectivity index is 1.41. The molecule has 4 nitrogen and oxygen atoms in total. The number of halogens is 1. The Morgan fingerprint density at radius 1 is 0.698 bits per heavy atom. The van der Waals surface area contributed by atoms with Crippen LogP contribution < -0.4 is 0 Å². The SMILES string of the molecule is CC(C)(C)C1=CC=C(n2c3ccccc3c3cc4c5ccccc5n(-c5coc6oc7ccccc7c56)c4cc32)C(Br)C1. The molecule has 4 aromatic heterocycles. The highest BCUT2D eigenvalue weighted by molar-refractivity contribution is 9.09. The second-order valence-electron chi connectivity index (χ2n) is 12.7. The molecule has 0 saturated carbocycles. The summed E-state index contributed by atoms with van der Waals surface area (Å²) in [5, 5.41) is 6.99. The molecule has 0 spiro atoms. The van der Waals surface area contributed by atoms with Gasteiger partial charge in [-0.1, -0.05) is 103 Å². The molecule has 43 heavy (non-hydrogen) atoms. The molecular formula is C38H29BrN2O2. The average molecular weight is 626 g/mol. The van der Waals surface area contributed by atoms with Gasteiger partial charge in [0.15, 0.2) is 0 Å². The molecule has 1 atom stereocenters. The Morgan fingerprint density at radius 2 is 1.33 bits per heavy atom. The molecule has 8 aromatic rings. The van der Waals surface area contributed by atoms with E-state index in [1.54, 1.807) is 0 Å². The van der Waals surface area contributed by atoms with Gasteiger partial charge in [0.2, 0.25) is 0 Å². The van der Waals surface area contributed by atoms with Gasteiger partial charge in [-0.25, -0.2) is 0 Å². The molecule has 1 aliphatic carbocycles. The lowest BCUT2D eigenvalue weighted by molar-refractivity contribution is 0.483. The van der Waals surface area contributed by atoms with E-state index < -0.39 is 0 Å². The predicted molar refractivity (Wildman–Crippen MR) is 182 cm³/mol. The topological polar surface area (TPSA) is 36.1 Å². The van der Waals surface area contributed by atoms with Crippen LogP contribution in [0.1, 0.15) is 27.2 Å². The highest BCUT2D eigenvalue weighted by Gasteiger charge is 2.28. The van der Waals surface area contributed by atoms with Crippen LogP contribution in [-0.4, -0.2) is 14.0 Å². The van der Waals surface area contributed by atoms with Crippen molar-refractivity contribution in [3.63, 3.8) is 0 Å². The normalized spacial score (nSPS) is 16.3. The van der Waals surface area contributed by atoms with Gasteiger partial charge in [0.1, 0.15) is 11.8 Å². The van der Waals surface area contributed by atoms with Crippen molar-refractivity contribution < 1.29 is 8.83 Å². The molecule has 4 heterocycles. The zero-order chi connectivity index (χ0) is 29.0. The molecule has 9 rings (SSSR count). The lowest BCUT2D eigenvalue weighted by atomic mass is 9.81. The number of aromatic nitrogens is 2. The number of fused-ring (bicyclic) bond motifs is 9. The van der Waals surface area contributed by atoms with Gasteiger partial charge in [0.25, 0.3) is 5.78 Å². The van der Waals surface area contributed by atoms with E-state index in [1.165, 1.54) is 43.8 Å². The first-order valence-electron chi connectivity index (χ1n) is 14.8. The minimum absolute atomic E-state index is 0.134. The van der Waals surface area contributed by atoms with E-state index in [0.717, 1.165) is 39.5 Å². The Bertz CT molecular complexity index is 2490. The minimum atomic E-state index is 0.134. The summed E-state index contributed by atoms with van der Waals surface area (Å²) in [6.07, 6.45) is 7.46. The summed E-state index contributed by atoms with van der Waals surface area (Å²) in [6.45, 7) is 6.89. The Hall–Kier alpha value is -4.48. The number of para-hydroxylation sites is 3. The fourth-order valence-electron chi connectivity index (χ4n) is 7.08. The van der Waals surface area contributed by atoms with E-state index >= 15 is 0 Å². The molecule has 0 radical (unpaired) electrons. The second kappa shape index (κ2) is 8.77. The number of hydrogen-bond donors (Lipinski definition) is 0. The molecule has 0 fully saturated rings. The van der Waals surface area contributed by atoms with Gasteiger partial charge in [0.05, 0.1) is 38.0 Å². The zero-order valence-electron chi connectivity index (χ0n) is 24.2. The van der Waals surface area contributed by atoms with Crippen molar-refractivity contribution >= 4 is 87.4 Å². The highest BCUT2D eigenvalue weighted by Crippen LogP contribution is 2.44. The van der Waals surface area contributed by atoms with Crippen LogP contribution in [0, 0.1) is 5.41 Å². The number of rotatable bonds is 2. The first kappa shape index (κ1) is 25.1. The van der Waals surface area contributed by atoms with Crippen LogP contribution in [0.25, 0.3) is 77.1 Å². The predicted octanol–water partition coefficient (Wildman–Crippen LogP) is 11.4. The fourth-order valence-corrected chi connectivity index (χ4v) is 7.78. The molecule has 0 saturated heterocycles. The van der Waals surface area contributed by atoms with Crippen molar-refractivity contribution in [1.29, 1.82) is 0 Å². The summed E-state index contributed by atoms with van der Waals surface area (Å²) in [7, 11) is 0. The number of benzene rings is 4. The van der Waals surface area contributed by atoms with Crippen molar-refractivity contribution in [2.24, 2.45) is 5.41 Å². The fraction of sp³-hybridized carbons (Fsp3) is 0.158. The lowest BCUT2D eigenvalue weighted by Crippen LogP contribution is -2.19. The number of hydrogen-bond acceptors (Lipinski definition) is 2. The Kier molecular flexibility index (Phi) is 5.11. The van der Waals surface area contributed by atoms with Crippen LogP contribution >= 0.6 is 15.9 Å². The molecule has 0 bridgehead atoms. The number of alkyl halides is 1. The molecule has 1 aliphatic rings. The van der Waals surface area contributed by atoms with Crippen molar-refractivity contribution in [1.82, 2.24) is 9.13 Å². The van der Waals surface area contributed by atoms with Gasteiger partial charge < -0.3 is 18.0 Å². The molecule has 210 valence electrons. The number of allylic oxidation sites excluding steroid dienone is 4. The third-order valence-corrected chi connectivity index (χ3v) is 9.99. The Morgan fingerprint density at radius 3 is 2.02 bits per heavy atom. The van der Waals surface area contributed by atoms with E-state index in [1.807, 2.05) is 18.4 Å². The third-order valence-electron chi connectivity index (χ3n) is 9.20. The van der Waals surface area contributed by atoms with E-state index in [-0.39, 0.29) is 10.2 Å². The molecule has 0 aliphatic heterocycles. The molecule has 4 aromatic carbocycles. The highest BCUT2D eigenvalue weighted by atomic mass is 79.9. The number of nitrogens with zero attached hydrogens (tertiary/aromatic N) is 2. The van der Waals surface area contributed by atoms with Crippen LogP contribution in [0.3, 0.4) is 0 Å². The summed E-state index contributed by atoms with van der Waals surface area (Å²) in [5.41, 5.74) is 9.35. The molecule has 0 amide bonds. The molecule has 1 unspecified atom stereocenters. The van der Waals surface area contributed by atoms with Crippen molar-refractivity contribution in [3.8, 4) is 5.69 Å². The van der Waals surface area contributed by atoms with Gasteiger partial charge in [0, 0.05) is 32.6 Å². The first-order valence-corrected chi connectivity index (χ1v) is 15.7. The molecular weight excluding hydrogens is 596 g/mol. The van der Waals surface area contributed by atoms with Crippen LogP contribution in [0.15, 0.2) is 118 Å². The monoisotopic (exact) mass is 624 g/mol. The summed E-state index contributed by atoms with van der Waals surface area (Å²) < 4.78 is 17.0. The maximum atomic E-state index is 6.11. The maximum Gasteiger partial charge on any atom is 0.300 e. The summed E-state index contributed by atoms with van der Waals surface area (Å²) in [6, 6.07) is 30.3. The third kappa shape index (κ3) is 3.49. The van der Waals surface area contributed by atoms with E-state index in [4.69, 9.17) is 8.83 Å². The largest absolute Gasteiger partial charge is 0.431 e. The van der Waals surface area contributed by atoms with Crippen LogP contribution in [-0.2, 0) is 0 Å². The smallest absolute Gasteiger partial charge is 0.300 e. The van der Waals surface area contributed by atoms with Crippen LogP contribution in [0.5, 0.6) is 0 Å². The summed E-state index contributed by atoms with van der Waals surface area (Å²) >= 11 is 4.09. The maximum absolute atomic E-state index is 6.11. The van der Waals surface area contributed by atoms with E-state index in [2.05, 4.69) is 131 Å². The minimum Gasteiger partial charge on any atom is -0.431 e. The standard InChI is InChI=1S/C38H29BrN2O2/c1-38(2,3)22-16-17-31(28(39)18-22)40-29-13-7-4-10-23(29)26-19-27-24-11-5-8-14-30(24)41(33(27)20-32(26)40)34-21-42-37-36(34)25-12-6-9-15-35(25)43-37/h4-17,19-21,28H,18H2,1-3H3. The second-order valence-corrected chi connectivity index (χ2v) is 13.8. The van der Waals surface area contributed by atoms with Gasteiger partial charge in [-0.05, 0) is 48.2 Å². The molecule has 5 heteroatoms. The lowest BCUT2D eigenvalue weighted by Gasteiger charge is -2.30. The van der Waals surface area contributed by atoms with Gasteiger partial charge >= 0.3 is 0 Å². The van der Waals surface area contributed by atoms with Gasteiger partial charge in [-0.3, -0.25) is 0 Å². The summed E-state index contributed by atoms with van der Waals surface area (Å²) in [4.78, 5) is 0.207. The first-order chi connectivity index (χ1) is 20.9. The number of furan rings is 2. The van der Waals surface area contributed by atoms with Gasteiger partial charge in [-0.2, -0.15) is 0 Å². The quantitative estimate of drug-likeness (QED) is 0.179. The van der Waals surface area contributed by atoms with Crippen LogP contribution in [0.2, 0.25) is 0 Å². The van der Waals surface area contributed by atoms with Crippen molar-refractivity contribution in [2.75, 3.05) is 0 Å². The van der Waals surface area contributed by atoms with E-state index in [0.29, 0.717) is 5.78 Å². The van der Waals surface area contributed by atoms with Crippen molar-refractivity contribution in [2.45, 2.75) is 32.0 Å². The van der Waals surface area contributed by atoms with E-state index in [9.17, 15) is 0 Å². The van der Waals surface area contributed by atoms with Crippen molar-refractivity contribution in [3.05, 3.63) is 109 Å². The molecule has 0 N–H and O–H groups in total.